The zero-order valence-corrected chi connectivity index (χ0v) is 12.4. The van der Waals surface area contributed by atoms with Crippen molar-refractivity contribution in [3.8, 4) is 5.75 Å². The zero-order valence-electron chi connectivity index (χ0n) is 12.4. The Kier molecular flexibility index (Phi) is 7.53. The van der Waals surface area contributed by atoms with Crippen LogP contribution in [0.3, 0.4) is 0 Å². The second kappa shape index (κ2) is 8.89. The van der Waals surface area contributed by atoms with Gasteiger partial charge in [0.1, 0.15) is 5.75 Å². The number of hydrogen-bond acceptors (Lipinski definition) is 3. The van der Waals surface area contributed by atoms with Gasteiger partial charge in [-0.3, -0.25) is 0 Å². The number of nitrogens with one attached hydrogen (secondary N) is 1. The molecule has 3 nitrogen and oxygen atoms in total. The summed E-state index contributed by atoms with van der Waals surface area (Å²) in [7, 11) is 0. The summed E-state index contributed by atoms with van der Waals surface area (Å²) in [4.78, 5) is 0. The monoisotopic (exact) mass is 305 g/mol. The highest BCUT2D eigenvalue weighted by Gasteiger charge is 2.31. The summed E-state index contributed by atoms with van der Waals surface area (Å²) in [5.74, 6) is -0.197. The van der Waals surface area contributed by atoms with Crippen LogP contribution in [0, 0.1) is 0 Å². The Labute approximate surface area is 123 Å². The average Bonchev–Trinajstić information content (AvgIpc) is 2.41. The van der Waals surface area contributed by atoms with Gasteiger partial charge in [-0.15, -0.1) is 13.2 Å². The summed E-state index contributed by atoms with van der Waals surface area (Å²) in [6.45, 7) is 5.96. The van der Waals surface area contributed by atoms with E-state index in [9.17, 15) is 13.2 Å². The van der Waals surface area contributed by atoms with Crippen LogP contribution in [0.15, 0.2) is 24.3 Å². The van der Waals surface area contributed by atoms with Crippen LogP contribution in [0.5, 0.6) is 5.75 Å². The van der Waals surface area contributed by atoms with Crippen molar-refractivity contribution in [2.24, 2.45) is 0 Å². The van der Waals surface area contributed by atoms with Crippen molar-refractivity contribution < 1.29 is 22.6 Å². The molecule has 0 saturated carbocycles. The number of rotatable bonds is 9. The molecular formula is C15H22F3NO2. The molecule has 0 fully saturated rings. The summed E-state index contributed by atoms with van der Waals surface area (Å²) < 4.78 is 46.2. The predicted octanol–water partition coefficient (Wildman–Crippen LogP) is 4.05. The lowest BCUT2D eigenvalue weighted by Gasteiger charge is -2.19. The standard InChI is InChI=1S/C15H22F3NO2/c1-3-9-20-10-8-14(19-4-2)12-6-5-7-13(11-12)21-15(16,17)18/h5-7,11,14,19H,3-4,8-10H2,1-2H3. The average molecular weight is 305 g/mol. The fraction of sp³-hybridized carbons (Fsp3) is 0.600. The van der Waals surface area contributed by atoms with E-state index in [2.05, 4.69) is 10.1 Å². The molecular weight excluding hydrogens is 283 g/mol. The van der Waals surface area contributed by atoms with Gasteiger partial charge >= 0.3 is 6.36 Å². The van der Waals surface area contributed by atoms with Crippen LogP contribution in [0.1, 0.15) is 38.3 Å². The van der Waals surface area contributed by atoms with Crippen LogP contribution >= 0.6 is 0 Å². The lowest BCUT2D eigenvalue weighted by Crippen LogP contribution is -2.23. The quantitative estimate of drug-likeness (QED) is 0.698. The van der Waals surface area contributed by atoms with Gasteiger partial charge in [0, 0.05) is 19.3 Å². The third-order valence-corrected chi connectivity index (χ3v) is 2.84. The molecule has 0 radical (unpaired) electrons. The molecule has 1 atom stereocenters. The van der Waals surface area contributed by atoms with E-state index in [1.54, 1.807) is 12.1 Å². The Morgan fingerprint density at radius 1 is 1.19 bits per heavy atom. The van der Waals surface area contributed by atoms with Gasteiger partial charge < -0.3 is 14.8 Å². The fourth-order valence-electron chi connectivity index (χ4n) is 2.01. The minimum atomic E-state index is -4.67. The van der Waals surface area contributed by atoms with E-state index < -0.39 is 6.36 Å². The summed E-state index contributed by atoms with van der Waals surface area (Å²) in [6.07, 6.45) is -3.03. The van der Waals surface area contributed by atoms with Crippen molar-refractivity contribution >= 4 is 0 Å². The number of benzene rings is 1. The van der Waals surface area contributed by atoms with Crippen molar-refractivity contribution in [3.63, 3.8) is 0 Å². The normalized spacial score (nSPS) is 13.2. The van der Waals surface area contributed by atoms with Crippen molar-refractivity contribution in [2.75, 3.05) is 19.8 Å². The Balaban J connectivity index is 2.70. The minimum Gasteiger partial charge on any atom is -0.406 e. The van der Waals surface area contributed by atoms with Crippen molar-refractivity contribution in [1.82, 2.24) is 5.32 Å². The zero-order chi connectivity index (χ0) is 15.7. The van der Waals surface area contributed by atoms with Crippen LogP contribution in [0.25, 0.3) is 0 Å². The van der Waals surface area contributed by atoms with E-state index in [0.29, 0.717) is 19.6 Å². The second-order valence-corrected chi connectivity index (χ2v) is 4.63. The molecule has 21 heavy (non-hydrogen) atoms. The Morgan fingerprint density at radius 3 is 2.57 bits per heavy atom. The molecule has 1 aromatic rings. The number of ether oxygens (including phenoxy) is 2. The largest absolute Gasteiger partial charge is 0.573 e. The molecule has 1 aromatic carbocycles. The van der Waals surface area contributed by atoms with Crippen LogP contribution < -0.4 is 10.1 Å². The summed E-state index contributed by atoms with van der Waals surface area (Å²) >= 11 is 0. The lowest BCUT2D eigenvalue weighted by molar-refractivity contribution is -0.274. The maximum absolute atomic E-state index is 12.3. The number of hydrogen-bond donors (Lipinski definition) is 1. The van der Waals surface area contributed by atoms with E-state index in [1.165, 1.54) is 12.1 Å². The Hall–Kier alpha value is -1.27. The van der Waals surface area contributed by atoms with Crippen molar-refractivity contribution in [3.05, 3.63) is 29.8 Å². The topological polar surface area (TPSA) is 30.5 Å². The maximum Gasteiger partial charge on any atom is 0.573 e. The molecule has 0 spiro atoms. The first-order valence-corrected chi connectivity index (χ1v) is 7.13. The van der Waals surface area contributed by atoms with E-state index in [-0.39, 0.29) is 11.8 Å². The highest BCUT2D eigenvalue weighted by molar-refractivity contribution is 5.30. The molecule has 0 aliphatic carbocycles. The number of alkyl halides is 3. The third-order valence-electron chi connectivity index (χ3n) is 2.84. The fourth-order valence-corrected chi connectivity index (χ4v) is 2.01. The predicted molar refractivity (Wildman–Crippen MR) is 75.3 cm³/mol. The summed E-state index contributed by atoms with van der Waals surface area (Å²) in [5.41, 5.74) is 0.763. The van der Waals surface area contributed by atoms with Crippen molar-refractivity contribution in [2.45, 2.75) is 39.1 Å². The molecule has 120 valence electrons. The van der Waals surface area contributed by atoms with Crippen LogP contribution in [0.2, 0.25) is 0 Å². The highest BCUT2D eigenvalue weighted by atomic mass is 19.4. The molecule has 0 saturated heterocycles. The lowest BCUT2D eigenvalue weighted by atomic mass is 10.0. The van der Waals surface area contributed by atoms with Crippen LogP contribution in [-0.4, -0.2) is 26.1 Å². The molecule has 1 rings (SSSR count). The molecule has 0 bridgehead atoms. The molecule has 0 heterocycles. The molecule has 0 aliphatic heterocycles. The van der Waals surface area contributed by atoms with E-state index in [0.717, 1.165) is 18.5 Å². The molecule has 0 amide bonds. The van der Waals surface area contributed by atoms with Crippen molar-refractivity contribution in [1.29, 1.82) is 0 Å². The van der Waals surface area contributed by atoms with E-state index >= 15 is 0 Å². The first-order chi connectivity index (χ1) is 9.96. The first kappa shape index (κ1) is 17.8. The van der Waals surface area contributed by atoms with Gasteiger partial charge in [-0.05, 0) is 37.1 Å². The van der Waals surface area contributed by atoms with Gasteiger partial charge in [0.2, 0.25) is 0 Å². The van der Waals surface area contributed by atoms with Gasteiger partial charge in [-0.1, -0.05) is 26.0 Å². The molecule has 6 heteroatoms. The number of halogens is 3. The van der Waals surface area contributed by atoms with Gasteiger partial charge in [-0.25, -0.2) is 0 Å². The molecule has 1 N–H and O–H groups in total. The van der Waals surface area contributed by atoms with Gasteiger partial charge in [0.25, 0.3) is 0 Å². The van der Waals surface area contributed by atoms with Crippen LogP contribution in [-0.2, 0) is 4.74 Å². The van der Waals surface area contributed by atoms with Gasteiger partial charge in [-0.2, -0.15) is 0 Å². The smallest absolute Gasteiger partial charge is 0.406 e. The maximum atomic E-state index is 12.3. The van der Waals surface area contributed by atoms with E-state index in [4.69, 9.17) is 4.74 Å². The molecule has 0 aromatic heterocycles. The SMILES string of the molecule is CCCOCCC(NCC)c1cccc(OC(F)(F)F)c1. The third kappa shape index (κ3) is 7.34. The van der Waals surface area contributed by atoms with E-state index in [1.807, 2.05) is 13.8 Å². The molecule has 1 unspecified atom stereocenters. The Bertz CT molecular complexity index is 410. The van der Waals surface area contributed by atoms with Crippen LogP contribution in [0.4, 0.5) is 13.2 Å². The summed E-state index contributed by atoms with van der Waals surface area (Å²) in [5, 5.41) is 3.25. The first-order valence-electron chi connectivity index (χ1n) is 7.13. The highest BCUT2D eigenvalue weighted by Crippen LogP contribution is 2.26. The minimum absolute atomic E-state index is 0.0522. The summed E-state index contributed by atoms with van der Waals surface area (Å²) in [6, 6.07) is 6.02. The van der Waals surface area contributed by atoms with Gasteiger partial charge in [0.15, 0.2) is 0 Å². The molecule has 0 aliphatic rings. The second-order valence-electron chi connectivity index (χ2n) is 4.63. The van der Waals surface area contributed by atoms with Gasteiger partial charge in [0.05, 0.1) is 0 Å². The Morgan fingerprint density at radius 2 is 1.95 bits per heavy atom.